The van der Waals surface area contributed by atoms with Crippen molar-refractivity contribution in [3.8, 4) is 11.5 Å². The molecule has 0 aliphatic carbocycles. The van der Waals surface area contributed by atoms with Crippen molar-refractivity contribution in [2.45, 2.75) is 6.54 Å². The molecule has 0 atom stereocenters. The number of nitrogens with one attached hydrogen (secondary N) is 1. The van der Waals surface area contributed by atoms with Gasteiger partial charge in [0.1, 0.15) is 0 Å². The summed E-state index contributed by atoms with van der Waals surface area (Å²) >= 11 is 11.8. The number of rotatable bonds is 5. The van der Waals surface area contributed by atoms with Crippen molar-refractivity contribution < 1.29 is 14.3 Å². The molecule has 0 aromatic heterocycles. The van der Waals surface area contributed by atoms with Crippen LogP contribution < -0.4 is 14.8 Å². The monoisotopic (exact) mass is 339 g/mol. The van der Waals surface area contributed by atoms with Gasteiger partial charge in [-0.05, 0) is 35.9 Å². The highest BCUT2D eigenvalue weighted by molar-refractivity contribution is 6.42. The third-order valence-electron chi connectivity index (χ3n) is 3.08. The molecule has 0 saturated heterocycles. The van der Waals surface area contributed by atoms with E-state index in [-0.39, 0.29) is 5.91 Å². The molecule has 0 saturated carbocycles. The minimum atomic E-state index is -0.216. The molecule has 1 N–H and O–H groups in total. The summed E-state index contributed by atoms with van der Waals surface area (Å²) < 4.78 is 10.3. The molecule has 0 aliphatic rings. The fourth-order valence-corrected chi connectivity index (χ4v) is 2.23. The normalized spacial score (nSPS) is 10.2. The first-order chi connectivity index (χ1) is 10.5. The van der Waals surface area contributed by atoms with E-state index in [1.54, 1.807) is 37.4 Å². The Kier molecular flexibility index (Phi) is 5.52. The lowest BCUT2D eigenvalue weighted by Crippen LogP contribution is -2.22. The SMILES string of the molecule is COc1ccc(C(=O)NCc2ccc(Cl)c(Cl)c2)cc1OC. The summed E-state index contributed by atoms with van der Waals surface area (Å²) in [5.74, 6) is 0.861. The lowest BCUT2D eigenvalue weighted by atomic mass is 10.1. The molecular formula is C16H15Cl2NO3. The zero-order chi connectivity index (χ0) is 16.1. The predicted octanol–water partition coefficient (Wildman–Crippen LogP) is 3.94. The number of carbonyl (C=O) groups is 1. The van der Waals surface area contributed by atoms with Crippen LogP contribution in [0.3, 0.4) is 0 Å². The molecule has 0 spiro atoms. The van der Waals surface area contributed by atoms with Gasteiger partial charge >= 0.3 is 0 Å². The summed E-state index contributed by atoms with van der Waals surface area (Å²) in [6, 6.07) is 10.2. The average Bonchev–Trinajstić information content (AvgIpc) is 2.54. The van der Waals surface area contributed by atoms with Gasteiger partial charge in [-0.15, -0.1) is 0 Å². The molecule has 0 aliphatic heterocycles. The molecule has 116 valence electrons. The Bertz CT molecular complexity index is 689. The van der Waals surface area contributed by atoms with Crippen molar-refractivity contribution in [2.75, 3.05) is 14.2 Å². The standard InChI is InChI=1S/C16H15Cl2NO3/c1-21-14-6-4-11(8-15(14)22-2)16(20)19-9-10-3-5-12(17)13(18)7-10/h3-8H,9H2,1-2H3,(H,19,20). The molecule has 4 nitrogen and oxygen atoms in total. The van der Waals surface area contributed by atoms with Crippen molar-refractivity contribution in [2.24, 2.45) is 0 Å². The van der Waals surface area contributed by atoms with Crippen LogP contribution in [0.15, 0.2) is 36.4 Å². The van der Waals surface area contributed by atoms with E-state index in [0.29, 0.717) is 33.7 Å². The number of amides is 1. The Morgan fingerprint density at radius 2 is 1.73 bits per heavy atom. The highest BCUT2D eigenvalue weighted by Crippen LogP contribution is 2.27. The van der Waals surface area contributed by atoms with E-state index < -0.39 is 0 Å². The maximum absolute atomic E-state index is 12.2. The molecular weight excluding hydrogens is 325 g/mol. The fraction of sp³-hybridized carbons (Fsp3) is 0.188. The van der Waals surface area contributed by atoms with Gasteiger partial charge in [-0.3, -0.25) is 4.79 Å². The smallest absolute Gasteiger partial charge is 0.251 e. The molecule has 6 heteroatoms. The molecule has 22 heavy (non-hydrogen) atoms. The number of hydrogen-bond acceptors (Lipinski definition) is 3. The summed E-state index contributed by atoms with van der Waals surface area (Å²) in [5.41, 5.74) is 1.35. The van der Waals surface area contributed by atoms with E-state index in [4.69, 9.17) is 32.7 Å². The van der Waals surface area contributed by atoms with Crippen LogP contribution in [-0.2, 0) is 6.54 Å². The van der Waals surface area contributed by atoms with Gasteiger partial charge in [-0.2, -0.15) is 0 Å². The Balaban J connectivity index is 2.07. The van der Waals surface area contributed by atoms with Crippen LogP contribution in [0.1, 0.15) is 15.9 Å². The Morgan fingerprint density at radius 1 is 1.00 bits per heavy atom. The second-order valence-electron chi connectivity index (χ2n) is 4.50. The van der Waals surface area contributed by atoms with E-state index in [1.807, 2.05) is 6.07 Å². The van der Waals surface area contributed by atoms with Gasteiger partial charge in [0.25, 0.3) is 5.91 Å². The number of hydrogen-bond donors (Lipinski definition) is 1. The highest BCUT2D eigenvalue weighted by atomic mass is 35.5. The maximum Gasteiger partial charge on any atom is 0.251 e. The van der Waals surface area contributed by atoms with Crippen LogP contribution in [0.5, 0.6) is 11.5 Å². The van der Waals surface area contributed by atoms with Crippen LogP contribution in [0.25, 0.3) is 0 Å². The van der Waals surface area contributed by atoms with E-state index in [2.05, 4.69) is 5.32 Å². The Morgan fingerprint density at radius 3 is 2.36 bits per heavy atom. The van der Waals surface area contributed by atoms with Crippen molar-refractivity contribution >= 4 is 29.1 Å². The quantitative estimate of drug-likeness (QED) is 0.897. The number of benzene rings is 2. The van der Waals surface area contributed by atoms with E-state index in [9.17, 15) is 4.79 Å². The molecule has 2 aromatic rings. The van der Waals surface area contributed by atoms with Gasteiger partial charge < -0.3 is 14.8 Å². The largest absolute Gasteiger partial charge is 0.493 e. The van der Waals surface area contributed by atoms with Crippen LogP contribution >= 0.6 is 23.2 Å². The van der Waals surface area contributed by atoms with Crippen LogP contribution in [0.2, 0.25) is 10.0 Å². The van der Waals surface area contributed by atoms with E-state index >= 15 is 0 Å². The predicted molar refractivity (Wildman–Crippen MR) is 87.2 cm³/mol. The lowest BCUT2D eigenvalue weighted by Gasteiger charge is -2.10. The zero-order valence-corrected chi connectivity index (χ0v) is 13.7. The molecule has 0 heterocycles. The molecule has 1 amide bonds. The molecule has 2 aromatic carbocycles. The average molecular weight is 340 g/mol. The fourth-order valence-electron chi connectivity index (χ4n) is 1.91. The summed E-state index contributed by atoms with van der Waals surface area (Å²) in [4.78, 5) is 12.2. The number of methoxy groups -OCH3 is 2. The van der Waals surface area contributed by atoms with Crippen molar-refractivity contribution in [3.63, 3.8) is 0 Å². The zero-order valence-electron chi connectivity index (χ0n) is 12.2. The number of halogens is 2. The van der Waals surface area contributed by atoms with Gasteiger partial charge in [0, 0.05) is 12.1 Å². The van der Waals surface area contributed by atoms with E-state index in [0.717, 1.165) is 5.56 Å². The highest BCUT2D eigenvalue weighted by Gasteiger charge is 2.10. The van der Waals surface area contributed by atoms with Gasteiger partial charge in [0.2, 0.25) is 0 Å². The van der Waals surface area contributed by atoms with E-state index in [1.165, 1.54) is 7.11 Å². The van der Waals surface area contributed by atoms with Gasteiger partial charge in [-0.25, -0.2) is 0 Å². The maximum atomic E-state index is 12.2. The third-order valence-corrected chi connectivity index (χ3v) is 3.82. The van der Waals surface area contributed by atoms with Crippen LogP contribution in [-0.4, -0.2) is 20.1 Å². The number of carbonyl (C=O) groups excluding carboxylic acids is 1. The van der Waals surface area contributed by atoms with Crippen LogP contribution in [0, 0.1) is 0 Å². The lowest BCUT2D eigenvalue weighted by molar-refractivity contribution is 0.0950. The van der Waals surface area contributed by atoms with Crippen molar-refractivity contribution in [3.05, 3.63) is 57.6 Å². The van der Waals surface area contributed by atoms with Gasteiger partial charge in [0.15, 0.2) is 11.5 Å². The first-order valence-corrected chi connectivity index (χ1v) is 7.25. The summed E-state index contributed by atoms with van der Waals surface area (Å²) in [6.07, 6.45) is 0. The molecule has 2 rings (SSSR count). The van der Waals surface area contributed by atoms with Crippen LogP contribution in [0.4, 0.5) is 0 Å². The second-order valence-corrected chi connectivity index (χ2v) is 5.32. The topological polar surface area (TPSA) is 47.6 Å². The van der Waals surface area contributed by atoms with Crippen molar-refractivity contribution in [1.82, 2.24) is 5.32 Å². The summed E-state index contributed by atoms with van der Waals surface area (Å²) in [5, 5.41) is 3.75. The van der Waals surface area contributed by atoms with Crippen molar-refractivity contribution in [1.29, 1.82) is 0 Å². The second kappa shape index (κ2) is 7.38. The van der Waals surface area contributed by atoms with Gasteiger partial charge in [0.05, 0.1) is 24.3 Å². The third kappa shape index (κ3) is 3.84. The molecule has 0 fully saturated rings. The molecule has 0 radical (unpaired) electrons. The molecule has 0 bridgehead atoms. The first-order valence-electron chi connectivity index (χ1n) is 6.49. The first kappa shape index (κ1) is 16.5. The minimum Gasteiger partial charge on any atom is -0.493 e. The molecule has 0 unspecified atom stereocenters. The van der Waals surface area contributed by atoms with Gasteiger partial charge in [-0.1, -0.05) is 29.3 Å². The number of ether oxygens (including phenoxy) is 2. The minimum absolute atomic E-state index is 0.216. The summed E-state index contributed by atoms with van der Waals surface area (Å²) in [6.45, 7) is 0.351. The Hall–Kier alpha value is -1.91. The summed E-state index contributed by atoms with van der Waals surface area (Å²) in [7, 11) is 3.07. The Labute approximate surface area is 138 Å².